The van der Waals surface area contributed by atoms with Gasteiger partial charge in [0.15, 0.2) is 0 Å². The van der Waals surface area contributed by atoms with Gasteiger partial charge in [0.2, 0.25) is 5.91 Å². The first-order valence-electron chi connectivity index (χ1n) is 9.51. The van der Waals surface area contributed by atoms with Crippen molar-refractivity contribution in [3.63, 3.8) is 0 Å². The molecule has 5 heteroatoms. The summed E-state index contributed by atoms with van der Waals surface area (Å²) in [4.78, 5) is 16.5. The van der Waals surface area contributed by atoms with E-state index in [0.29, 0.717) is 18.9 Å². The van der Waals surface area contributed by atoms with E-state index in [2.05, 4.69) is 30.9 Å². The van der Waals surface area contributed by atoms with Gasteiger partial charge in [0.1, 0.15) is 12.4 Å². The summed E-state index contributed by atoms with van der Waals surface area (Å²) in [5, 5.41) is 0.731. The molecule has 0 saturated carbocycles. The molecule has 0 N–H and O–H groups in total. The molecule has 1 heterocycles. The highest BCUT2D eigenvalue weighted by molar-refractivity contribution is 6.30. The molecule has 1 aliphatic rings. The number of piperazine rings is 1. The van der Waals surface area contributed by atoms with Gasteiger partial charge in [0, 0.05) is 43.3 Å². The van der Waals surface area contributed by atoms with Crippen molar-refractivity contribution >= 4 is 23.2 Å². The second-order valence-corrected chi connectivity index (χ2v) is 7.81. The van der Waals surface area contributed by atoms with E-state index in [9.17, 15) is 4.79 Å². The second-order valence-electron chi connectivity index (χ2n) is 7.37. The van der Waals surface area contributed by atoms with Crippen LogP contribution < -0.4 is 9.64 Å². The Hall–Kier alpha value is -2.20. The van der Waals surface area contributed by atoms with Crippen molar-refractivity contribution < 1.29 is 9.53 Å². The fraction of sp³-hybridized carbons (Fsp3) is 0.409. The van der Waals surface area contributed by atoms with Gasteiger partial charge in [-0.2, -0.15) is 0 Å². The zero-order chi connectivity index (χ0) is 19.2. The third-order valence-corrected chi connectivity index (χ3v) is 4.99. The second kappa shape index (κ2) is 9.14. The Morgan fingerprint density at radius 2 is 1.63 bits per heavy atom. The van der Waals surface area contributed by atoms with Crippen molar-refractivity contribution in [3.05, 3.63) is 59.1 Å². The minimum atomic E-state index is 0.274. The molecule has 3 rings (SSSR count). The van der Waals surface area contributed by atoms with Crippen LogP contribution in [0.1, 0.15) is 25.8 Å². The average molecular weight is 387 g/mol. The zero-order valence-electron chi connectivity index (χ0n) is 16.0. The highest BCUT2D eigenvalue weighted by atomic mass is 35.5. The quantitative estimate of drug-likeness (QED) is 0.726. The predicted octanol–water partition coefficient (Wildman–Crippen LogP) is 4.61. The maximum absolute atomic E-state index is 12.2. The predicted molar refractivity (Wildman–Crippen MR) is 110 cm³/mol. The minimum Gasteiger partial charge on any atom is -0.489 e. The van der Waals surface area contributed by atoms with Crippen molar-refractivity contribution in [2.45, 2.75) is 26.9 Å². The normalized spacial score (nSPS) is 14.5. The van der Waals surface area contributed by atoms with E-state index >= 15 is 0 Å². The van der Waals surface area contributed by atoms with Crippen molar-refractivity contribution in [1.82, 2.24) is 4.90 Å². The number of benzene rings is 2. The molecule has 2 aromatic carbocycles. The molecule has 2 aromatic rings. The van der Waals surface area contributed by atoms with Gasteiger partial charge < -0.3 is 14.5 Å². The van der Waals surface area contributed by atoms with Crippen LogP contribution in [0.25, 0.3) is 0 Å². The number of anilines is 1. The number of amides is 1. The molecule has 1 saturated heterocycles. The molecule has 144 valence electrons. The Morgan fingerprint density at radius 3 is 2.22 bits per heavy atom. The fourth-order valence-corrected chi connectivity index (χ4v) is 3.32. The number of ether oxygens (including phenoxy) is 1. The standard InChI is InChI=1S/C22H27ClN2O2/c1-17(2)15-22(26)25-13-11-24(12-14-25)20-7-9-21(10-8-20)27-16-18-3-5-19(23)6-4-18/h3-10,17H,11-16H2,1-2H3. The minimum absolute atomic E-state index is 0.274. The van der Waals surface area contributed by atoms with Crippen LogP contribution in [0.3, 0.4) is 0 Å². The smallest absolute Gasteiger partial charge is 0.222 e. The molecule has 1 aliphatic heterocycles. The van der Waals surface area contributed by atoms with Crippen LogP contribution in [0.5, 0.6) is 5.75 Å². The first-order valence-corrected chi connectivity index (χ1v) is 9.89. The van der Waals surface area contributed by atoms with Crippen molar-refractivity contribution in [2.75, 3.05) is 31.1 Å². The molecule has 4 nitrogen and oxygen atoms in total. The molecule has 0 radical (unpaired) electrons. The lowest BCUT2D eigenvalue weighted by Crippen LogP contribution is -2.49. The SMILES string of the molecule is CC(C)CC(=O)N1CCN(c2ccc(OCc3ccc(Cl)cc3)cc2)CC1. The van der Waals surface area contributed by atoms with Gasteiger partial charge in [-0.3, -0.25) is 4.79 Å². The number of hydrogen-bond acceptors (Lipinski definition) is 3. The van der Waals surface area contributed by atoms with E-state index < -0.39 is 0 Å². The number of carbonyl (C=O) groups excluding carboxylic acids is 1. The molecule has 0 unspecified atom stereocenters. The number of rotatable bonds is 6. The topological polar surface area (TPSA) is 32.8 Å². The van der Waals surface area contributed by atoms with Crippen molar-refractivity contribution in [2.24, 2.45) is 5.92 Å². The third kappa shape index (κ3) is 5.64. The Morgan fingerprint density at radius 1 is 1.00 bits per heavy atom. The van der Waals surface area contributed by atoms with Gasteiger partial charge >= 0.3 is 0 Å². The van der Waals surface area contributed by atoms with E-state index in [1.165, 1.54) is 5.69 Å². The number of nitrogens with zero attached hydrogens (tertiary/aromatic N) is 2. The summed E-state index contributed by atoms with van der Waals surface area (Å²) in [5.74, 6) is 1.53. The molecular formula is C22H27ClN2O2. The number of carbonyl (C=O) groups is 1. The summed E-state index contributed by atoms with van der Waals surface area (Å²) < 4.78 is 5.85. The van der Waals surface area contributed by atoms with Crippen LogP contribution in [-0.2, 0) is 11.4 Å². The van der Waals surface area contributed by atoms with E-state index in [1.54, 1.807) is 0 Å². The van der Waals surface area contributed by atoms with Gasteiger partial charge in [-0.25, -0.2) is 0 Å². The van der Waals surface area contributed by atoms with E-state index in [4.69, 9.17) is 16.3 Å². The summed E-state index contributed by atoms with van der Waals surface area (Å²) >= 11 is 5.90. The molecule has 27 heavy (non-hydrogen) atoms. The van der Waals surface area contributed by atoms with Gasteiger partial charge in [-0.1, -0.05) is 37.6 Å². The summed E-state index contributed by atoms with van der Waals surface area (Å²) in [5.41, 5.74) is 2.26. The summed E-state index contributed by atoms with van der Waals surface area (Å²) in [6.07, 6.45) is 0.639. The maximum Gasteiger partial charge on any atom is 0.222 e. The highest BCUT2D eigenvalue weighted by Gasteiger charge is 2.21. The van der Waals surface area contributed by atoms with Crippen LogP contribution in [0.15, 0.2) is 48.5 Å². The van der Waals surface area contributed by atoms with Gasteiger partial charge in [-0.05, 0) is 47.9 Å². The Balaban J connectivity index is 1.49. The van der Waals surface area contributed by atoms with Gasteiger partial charge in [-0.15, -0.1) is 0 Å². The first kappa shape index (κ1) is 19.6. The van der Waals surface area contributed by atoms with Crippen LogP contribution in [-0.4, -0.2) is 37.0 Å². The van der Waals surface area contributed by atoms with E-state index in [-0.39, 0.29) is 5.91 Å². The molecule has 0 aliphatic carbocycles. The summed E-state index contributed by atoms with van der Waals surface area (Å²) in [6.45, 7) is 8.02. The molecular weight excluding hydrogens is 360 g/mol. The van der Waals surface area contributed by atoms with Crippen molar-refractivity contribution in [3.8, 4) is 5.75 Å². The Bertz CT molecular complexity index is 736. The lowest BCUT2D eigenvalue weighted by molar-refractivity contribution is -0.132. The van der Waals surface area contributed by atoms with Gasteiger partial charge in [0.05, 0.1) is 0 Å². The summed E-state index contributed by atoms with van der Waals surface area (Å²) in [6, 6.07) is 15.9. The van der Waals surface area contributed by atoms with Crippen molar-refractivity contribution in [1.29, 1.82) is 0 Å². The fourth-order valence-electron chi connectivity index (χ4n) is 3.19. The maximum atomic E-state index is 12.2. The molecule has 0 atom stereocenters. The Labute approximate surface area is 166 Å². The lowest BCUT2D eigenvalue weighted by Gasteiger charge is -2.36. The first-order chi connectivity index (χ1) is 13.0. The monoisotopic (exact) mass is 386 g/mol. The van der Waals surface area contributed by atoms with Crippen LogP contribution in [0.2, 0.25) is 5.02 Å². The van der Waals surface area contributed by atoms with Crippen LogP contribution in [0, 0.1) is 5.92 Å². The summed E-state index contributed by atoms with van der Waals surface area (Å²) in [7, 11) is 0. The Kier molecular flexibility index (Phi) is 6.62. The van der Waals surface area contributed by atoms with E-state index in [1.807, 2.05) is 41.3 Å². The number of hydrogen-bond donors (Lipinski definition) is 0. The third-order valence-electron chi connectivity index (χ3n) is 4.74. The van der Waals surface area contributed by atoms with Crippen LogP contribution >= 0.6 is 11.6 Å². The molecule has 0 bridgehead atoms. The van der Waals surface area contributed by atoms with Gasteiger partial charge in [0.25, 0.3) is 0 Å². The average Bonchev–Trinajstić information content (AvgIpc) is 2.67. The number of halogens is 1. The van der Waals surface area contributed by atoms with E-state index in [0.717, 1.165) is 42.5 Å². The molecule has 0 aromatic heterocycles. The van der Waals surface area contributed by atoms with Crippen LogP contribution in [0.4, 0.5) is 5.69 Å². The molecule has 0 spiro atoms. The zero-order valence-corrected chi connectivity index (χ0v) is 16.8. The molecule has 1 fully saturated rings. The molecule has 1 amide bonds. The largest absolute Gasteiger partial charge is 0.489 e. The lowest BCUT2D eigenvalue weighted by atomic mass is 10.1. The highest BCUT2D eigenvalue weighted by Crippen LogP contribution is 2.22.